The number of carbonyl (C=O) groups is 1. The van der Waals surface area contributed by atoms with Gasteiger partial charge in [-0.05, 0) is 61.5 Å². The molecule has 184 valence electrons. The number of nitrogens with one attached hydrogen (secondary N) is 1. The zero-order chi connectivity index (χ0) is 25.3. The normalized spacial score (nSPS) is 10.8. The molecule has 0 atom stereocenters. The van der Waals surface area contributed by atoms with Crippen LogP contribution in [0.3, 0.4) is 0 Å². The molecule has 4 aromatic rings. The minimum absolute atomic E-state index is 0.0450. The van der Waals surface area contributed by atoms with Gasteiger partial charge < -0.3 is 14.8 Å². The summed E-state index contributed by atoms with van der Waals surface area (Å²) in [6.07, 6.45) is 0.809. The van der Waals surface area contributed by atoms with Gasteiger partial charge in [0.2, 0.25) is 5.82 Å². The van der Waals surface area contributed by atoms with Crippen LogP contribution in [0.5, 0.6) is 5.75 Å². The highest BCUT2D eigenvalue weighted by atomic mass is 35.5. The first-order chi connectivity index (χ1) is 17.5. The van der Waals surface area contributed by atoms with Gasteiger partial charge in [-0.25, -0.2) is 9.97 Å². The van der Waals surface area contributed by atoms with Crippen LogP contribution in [0.2, 0.25) is 10.0 Å². The minimum atomic E-state index is -0.425. The molecule has 1 amide bonds. The first kappa shape index (κ1) is 25.6. The van der Waals surface area contributed by atoms with Gasteiger partial charge in [-0.2, -0.15) is 0 Å². The summed E-state index contributed by atoms with van der Waals surface area (Å²) >= 11 is 12.1. The summed E-state index contributed by atoms with van der Waals surface area (Å²) in [5, 5.41) is 4.10. The van der Waals surface area contributed by atoms with Crippen LogP contribution in [0, 0.1) is 0 Å². The Bertz CT molecular complexity index is 1230. The third-order valence-electron chi connectivity index (χ3n) is 5.23. The lowest BCUT2D eigenvalue weighted by Gasteiger charge is -2.11. The number of ether oxygens (including phenoxy) is 2. The molecule has 0 aliphatic rings. The molecular weight excluding hydrogens is 497 g/mol. The molecule has 0 radical (unpaired) electrons. The average molecular weight is 522 g/mol. The average Bonchev–Trinajstić information content (AvgIpc) is 2.90. The molecule has 0 saturated heterocycles. The summed E-state index contributed by atoms with van der Waals surface area (Å²) in [6.45, 7) is 3.88. The number of hydrogen-bond donors (Lipinski definition) is 1. The monoisotopic (exact) mass is 521 g/mol. The quantitative estimate of drug-likeness (QED) is 0.224. The molecule has 0 aliphatic carbocycles. The molecule has 1 aromatic heterocycles. The second kappa shape index (κ2) is 12.5. The number of hydrogen-bond acceptors (Lipinski definition) is 5. The number of aromatic nitrogens is 2. The lowest BCUT2D eigenvalue weighted by molar-refractivity contribution is 0.101. The Labute approximate surface area is 220 Å². The van der Waals surface area contributed by atoms with Crippen LogP contribution < -0.4 is 10.1 Å². The van der Waals surface area contributed by atoms with E-state index in [1.165, 1.54) is 0 Å². The Morgan fingerprint density at radius 2 is 1.36 bits per heavy atom. The molecule has 0 fully saturated rings. The number of anilines is 1. The van der Waals surface area contributed by atoms with Gasteiger partial charge in [0.1, 0.15) is 5.75 Å². The first-order valence-corrected chi connectivity index (χ1v) is 12.3. The maximum atomic E-state index is 13.1. The largest absolute Gasteiger partial charge is 0.494 e. The van der Waals surface area contributed by atoms with Crippen LogP contribution in [0.15, 0.2) is 78.9 Å². The van der Waals surface area contributed by atoms with E-state index in [9.17, 15) is 4.79 Å². The molecule has 1 N–H and O–H groups in total. The zero-order valence-electron chi connectivity index (χ0n) is 19.7. The molecular formula is C28H25Cl2N3O3. The Kier molecular flexibility index (Phi) is 8.90. The predicted molar refractivity (Wildman–Crippen MR) is 144 cm³/mol. The fourth-order valence-corrected chi connectivity index (χ4v) is 3.65. The van der Waals surface area contributed by atoms with Crippen molar-refractivity contribution in [3.8, 4) is 28.3 Å². The molecule has 0 saturated carbocycles. The highest BCUT2D eigenvalue weighted by Crippen LogP contribution is 2.26. The van der Waals surface area contributed by atoms with Crippen LogP contribution in [-0.2, 0) is 4.74 Å². The highest BCUT2D eigenvalue weighted by Gasteiger charge is 2.15. The number of benzene rings is 3. The molecule has 0 spiro atoms. The second-order valence-corrected chi connectivity index (χ2v) is 8.73. The van der Waals surface area contributed by atoms with E-state index in [4.69, 9.17) is 32.7 Å². The van der Waals surface area contributed by atoms with Crippen molar-refractivity contribution in [2.75, 3.05) is 25.1 Å². The van der Waals surface area contributed by atoms with Crippen molar-refractivity contribution in [3.05, 3.63) is 94.7 Å². The maximum absolute atomic E-state index is 13.1. The molecule has 6 nitrogen and oxygen atoms in total. The Balaban J connectivity index is 1.54. The summed E-state index contributed by atoms with van der Waals surface area (Å²) in [7, 11) is 0. The van der Waals surface area contributed by atoms with E-state index in [1.807, 2.05) is 37.3 Å². The summed E-state index contributed by atoms with van der Waals surface area (Å²) < 4.78 is 11.0. The number of amides is 1. The molecule has 8 heteroatoms. The maximum Gasteiger partial charge on any atom is 0.293 e. The third kappa shape index (κ3) is 7.04. The standard InChI is InChI=1S/C28H25Cl2N3O3/c1-2-35-16-3-17-36-24-14-12-23(13-15-24)31-28(34)27-32-25(19-4-8-21(29)9-5-19)18-26(33-27)20-6-10-22(30)11-7-20/h4-15,18H,2-3,16-17H2,1H3,(H,31,34). The van der Waals surface area contributed by atoms with Gasteiger partial charge in [-0.3, -0.25) is 4.79 Å². The van der Waals surface area contributed by atoms with E-state index in [-0.39, 0.29) is 5.82 Å². The van der Waals surface area contributed by atoms with Crippen LogP contribution in [0.25, 0.3) is 22.5 Å². The number of rotatable bonds is 10. The van der Waals surface area contributed by atoms with E-state index in [0.717, 1.165) is 23.3 Å². The fraction of sp³-hybridized carbons (Fsp3) is 0.179. The molecule has 0 bridgehead atoms. The topological polar surface area (TPSA) is 73.3 Å². The lowest BCUT2D eigenvalue weighted by atomic mass is 10.1. The zero-order valence-corrected chi connectivity index (χ0v) is 21.2. The summed E-state index contributed by atoms with van der Waals surface area (Å²) in [4.78, 5) is 22.2. The van der Waals surface area contributed by atoms with Gasteiger partial charge in [0.05, 0.1) is 18.0 Å². The van der Waals surface area contributed by atoms with Crippen molar-refractivity contribution in [3.63, 3.8) is 0 Å². The number of carbonyl (C=O) groups excluding carboxylic acids is 1. The fourth-order valence-electron chi connectivity index (χ4n) is 3.40. The van der Waals surface area contributed by atoms with Crippen LogP contribution in [0.1, 0.15) is 24.0 Å². The van der Waals surface area contributed by atoms with Crippen LogP contribution in [0.4, 0.5) is 5.69 Å². The van der Waals surface area contributed by atoms with Crippen molar-refractivity contribution in [2.45, 2.75) is 13.3 Å². The third-order valence-corrected chi connectivity index (χ3v) is 5.73. The van der Waals surface area contributed by atoms with Crippen molar-refractivity contribution < 1.29 is 14.3 Å². The summed E-state index contributed by atoms with van der Waals surface area (Å²) in [5.41, 5.74) is 3.45. The van der Waals surface area contributed by atoms with Crippen LogP contribution >= 0.6 is 23.2 Å². The van der Waals surface area contributed by atoms with Gasteiger partial charge in [0.25, 0.3) is 5.91 Å². The first-order valence-electron chi connectivity index (χ1n) is 11.5. The summed E-state index contributed by atoms with van der Waals surface area (Å²) in [6, 6.07) is 23.5. The van der Waals surface area contributed by atoms with Crippen molar-refractivity contribution in [1.29, 1.82) is 0 Å². The van der Waals surface area contributed by atoms with Crippen molar-refractivity contribution in [2.24, 2.45) is 0 Å². The van der Waals surface area contributed by atoms with E-state index in [2.05, 4.69) is 15.3 Å². The Morgan fingerprint density at radius 3 is 1.89 bits per heavy atom. The highest BCUT2D eigenvalue weighted by molar-refractivity contribution is 6.30. The lowest BCUT2D eigenvalue weighted by Crippen LogP contribution is -2.16. The smallest absolute Gasteiger partial charge is 0.293 e. The second-order valence-electron chi connectivity index (χ2n) is 7.85. The van der Waals surface area contributed by atoms with Gasteiger partial charge >= 0.3 is 0 Å². The molecule has 0 aliphatic heterocycles. The van der Waals surface area contributed by atoms with Gasteiger partial charge in [-0.15, -0.1) is 0 Å². The van der Waals surface area contributed by atoms with E-state index in [1.54, 1.807) is 48.5 Å². The number of nitrogens with zero attached hydrogens (tertiary/aromatic N) is 2. The Hall–Kier alpha value is -3.45. The minimum Gasteiger partial charge on any atom is -0.494 e. The van der Waals surface area contributed by atoms with E-state index >= 15 is 0 Å². The van der Waals surface area contributed by atoms with Crippen molar-refractivity contribution in [1.82, 2.24) is 9.97 Å². The van der Waals surface area contributed by atoms with Crippen LogP contribution in [-0.4, -0.2) is 35.7 Å². The molecule has 4 rings (SSSR count). The SMILES string of the molecule is CCOCCCOc1ccc(NC(=O)c2nc(-c3ccc(Cl)cc3)cc(-c3ccc(Cl)cc3)n2)cc1. The number of halogens is 2. The van der Waals surface area contributed by atoms with E-state index in [0.29, 0.717) is 46.9 Å². The Morgan fingerprint density at radius 1 is 0.806 bits per heavy atom. The molecule has 36 heavy (non-hydrogen) atoms. The molecule has 0 unspecified atom stereocenters. The van der Waals surface area contributed by atoms with E-state index < -0.39 is 5.91 Å². The van der Waals surface area contributed by atoms with Gasteiger partial charge in [0, 0.05) is 46.5 Å². The molecule has 1 heterocycles. The van der Waals surface area contributed by atoms with Crippen molar-refractivity contribution >= 4 is 34.8 Å². The molecule has 3 aromatic carbocycles. The predicted octanol–water partition coefficient (Wildman–Crippen LogP) is 7.18. The summed E-state index contributed by atoms with van der Waals surface area (Å²) in [5.74, 6) is 0.338. The van der Waals surface area contributed by atoms with Gasteiger partial charge in [-0.1, -0.05) is 47.5 Å². The van der Waals surface area contributed by atoms with Gasteiger partial charge in [0.15, 0.2) is 0 Å².